The van der Waals surface area contributed by atoms with Gasteiger partial charge >= 0.3 is 5.97 Å². The van der Waals surface area contributed by atoms with Crippen molar-refractivity contribution in [3.05, 3.63) is 47.5 Å². The number of amides is 1. The Balaban J connectivity index is 2.23. The van der Waals surface area contributed by atoms with Crippen LogP contribution in [0, 0.1) is 0 Å². The summed E-state index contributed by atoms with van der Waals surface area (Å²) in [5.41, 5.74) is 1.02. The number of hydrogen-bond donors (Lipinski definition) is 0. The van der Waals surface area contributed by atoms with E-state index in [1.165, 1.54) is 12.2 Å². The number of rotatable bonds is 5. The van der Waals surface area contributed by atoms with E-state index < -0.39 is 5.60 Å². The molecule has 2 aromatic carbocycles. The number of methoxy groups -OCH3 is 1. The Kier molecular flexibility index (Phi) is 5.01. The first-order valence-corrected chi connectivity index (χ1v) is 7.34. The fourth-order valence-electron chi connectivity index (χ4n) is 2.26. The Hall–Kier alpha value is -2.40. The van der Waals surface area contributed by atoms with Gasteiger partial charge in [-0.15, -0.1) is 0 Å². The number of benzene rings is 2. The average Bonchev–Trinajstić information content (AvgIpc) is 2.51. The average molecular weight is 315 g/mol. The fraction of sp³-hybridized carbons (Fsp3) is 0.333. The van der Waals surface area contributed by atoms with Crippen molar-refractivity contribution in [2.45, 2.75) is 32.9 Å². The number of ether oxygens (including phenoxy) is 1. The van der Waals surface area contributed by atoms with Crippen LogP contribution in [0.1, 0.15) is 36.7 Å². The van der Waals surface area contributed by atoms with Crippen LogP contribution >= 0.6 is 0 Å². The van der Waals surface area contributed by atoms with Gasteiger partial charge in [0, 0.05) is 0 Å². The summed E-state index contributed by atoms with van der Waals surface area (Å²) in [4.78, 5) is 28.3. The van der Waals surface area contributed by atoms with E-state index in [4.69, 9.17) is 9.57 Å². The highest BCUT2D eigenvalue weighted by molar-refractivity contribution is 5.95. The largest absolute Gasteiger partial charge is 0.465 e. The molecule has 0 saturated carbocycles. The van der Waals surface area contributed by atoms with Crippen molar-refractivity contribution in [3.63, 3.8) is 0 Å². The molecular formula is C18H21NO4. The maximum atomic E-state index is 11.6. The van der Waals surface area contributed by atoms with Gasteiger partial charge in [0.1, 0.15) is 0 Å². The molecule has 0 saturated heterocycles. The zero-order valence-electron chi connectivity index (χ0n) is 13.8. The molecule has 23 heavy (non-hydrogen) atoms. The number of fused-ring (bicyclic) bond motifs is 1. The minimum Gasteiger partial charge on any atom is -0.465 e. The molecule has 2 rings (SSSR count). The van der Waals surface area contributed by atoms with E-state index in [0.717, 1.165) is 16.3 Å². The second-order valence-electron chi connectivity index (χ2n) is 6.27. The molecule has 0 N–H and O–H groups in total. The molecule has 5 heteroatoms. The molecular weight excluding hydrogens is 294 g/mol. The van der Waals surface area contributed by atoms with Gasteiger partial charge in [-0.3, -0.25) is 9.63 Å². The van der Waals surface area contributed by atoms with Crippen LogP contribution in [0.15, 0.2) is 36.4 Å². The fourth-order valence-corrected chi connectivity index (χ4v) is 2.26. The molecule has 0 aliphatic rings. The summed E-state index contributed by atoms with van der Waals surface area (Å²) in [5, 5.41) is 3.20. The highest BCUT2D eigenvalue weighted by Crippen LogP contribution is 2.20. The molecule has 0 heterocycles. The molecule has 2 aromatic rings. The standard InChI is InChI=1S/C18H21NO4/c1-18(2,3)23-19(12-20)11-13-5-6-15-10-16(17(21)22-4)8-7-14(15)9-13/h5-10,12H,11H2,1-4H3. The van der Waals surface area contributed by atoms with Gasteiger partial charge in [0.05, 0.1) is 24.8 Å². The van der Waals surface area contributed by atoms with Crippen LogP contribution < -0.4 is 0 Å². The van der Waals surface area contributed by atoms with Gasteiger partial charge in [0.15, 0.2) is 0 Å². The summed E-state index contributed by atoms with van der Waals surface area (Å²) in [6.45, 7) is 6.02. The maximum absolute atomic E-state index is 11.6. The molecule has 122 valence electrons. The molecule has 0 atom stereocenters. The zero-order chi connectivity index (χ0) is 17.0. The Bertz CT molecular complexity index is 719. The van der Waals surface area contributed by atoms with Gasteiger partial charge in [-0.1, -0.05) is 18.2 Å². The number of esters is 1. The summed E-state index contributed by atoms with van der Waals surface area (Å²) in [6, 6.07) is 11.2. The first-order valence-electron chi connectivity index (χ1n) is 7.34. The van der Waals surface area contributed by atoms with Crippen LogP contribution in [0.3, 0.4) is 0 Å². The normalized spacial score (nSPS) is 11.3. The number of nitrogens with zero attached hydrogens (tertiary/aromatic N) is 1. The Morgan fingerprint density at radius 2 is 1.78 bits per heavy atom. The highest BCUT2D eigenvalue weighted by Gasteiger charge is 2.16. The van der Waals surface area contributed by atoms with Crippen molar-refractivity contribution in [2.24, 2.45) is 0 Å². The first-order chi connectivity index (χ1) is 10.8. The van der Waals surface area contributed by atoms with Crippen LogP contribution in [0.25, 0.3) is 10.8 Å². The van der Waals surface area contributed by atoms with Gasteiger partial charge in [0.25, 0.3) is 0 Å². The molecule has 0 unspecified atom stereocenters. The van der Waals surface area contributed by atoms with Crippen molar-refractivity contribution in [3.8, 4) is 0 Å². The van der Waals surface area contributed by atoms with E-state index in [2.05, 4.69) is 0 Å². The molecule has 0 aliphatic heterocycles. The van der Waals surface area contributed by atoms with Crippen LogP contribution in [0.4, 0.5) is 0 Å². The van der Waals surface area contributed by atoms with Crippen LogP contribution in [0.5, 0.6) is 0 Å². The van der Waals surface area contributed by atoms with Crippen LogP contribution in [-0.4, -0.2) is 30.2 Å². The smallest absolute Gasteiger partial charge is 0.337 e. The van der Waals surface area contributed by atoms with Gasteiger partial charge in [-0.05, 0) is 55.3 Å². The maximum Gasteiger partial charge on any atom is 0.337 e. The quantitative estimate of drug-likeness (QED) is 0.482. The number of carbonyl (C=O) groups is 2. The zero-order valence-corrected chi connectivity index (χ0v) is 13.8. The first kappa shape index (κ1) is 17.0. The molecule has 0 radical (unpaired) electrons. The summed E-state index contributed by atoms with van der Waals surface area (Å²) >= 11 is 0. The Morgan fingerprint density at radius 1 is 1.13 bits per heavy atom. The van der Waals surface area contributed by atoms with Gasteiger partial charge in [-0.25, -0.2) is 9.86 Å². The molecule has 0 aromatic heterocycles. The van der Waals surface area contributed by atoms with Crippen molar-refractivity contribution in [1.29, 1.82) is 0 Å². The lowest BCUT2D eigenvalue weighted by Gasteiger charge is -2.26. The summed E-state index contributed by atoms with van der Waals surface area (Å²) < 4.78 is 4.72. The lowest BCUT2D eigenvalue weighted by Crippen LogP contribution is -2.32. The van der Waals surface area contributed by atoms with Crippen molar-refractivity contribution in [1.82, 2.24) is 5.06 Å². The Morgan fingerprint density at radius 3 is 2.39 bits per heavy atom. The van der Waals surface area contributed by atoms with Gasteiger partial charge < -0.3 is 4.74 Å². The van der Waals surface area contributed by atoms with Crippen LogP contribution in [0.2, 0.25) is 0 Å². The molecule has 0 fully saturated rings. The lowest BCUT2D eigenvalue weighted by atomic mass is 10.0. The minimum atomic E-state index is -0.437. The third-order valence-corrected chi connectivity index (χ3v) is 3.17. The molecule has 0 spiro atoms. The second-order valence-corrected chi connectivity index (χ2v) is 6.27. The monoisotopic (exact) mass is 315 g/mol. The third-order valence-electron chi connectivity index (χ3n) is 3.17. The molecule has 5 nitrogen and oxygen atoms in total. The van der Waals surface area contributed by atoms with E-state index >= 15 is 0 Å². The van der Waals surface area contributed by atoms with Crippen LogP contribution in [-0.2, 0) is 20.9 Å². The topological polar surface area (TPSA) is 55.8 Å². The van der Waals surface area contributed by atoms with Gasteiger partial charge in [0.2, 0.25) is 6.41 Å². The number of hydroxylamine groups is 2. The predicted molar refractivity (Wildman–Crippen MR) is 87.7 cm³/mol. The van der Waals surface area contributed by atoms with Crippen molar-refractivity contribution in [2.75, 3.05) is 7.11 Å². The van der Waals surface area contributed by atoms with E-state index in [1.807, 2.05) is 45.0 Å². The third kappa shape index (κ3) is 4.53. The SMILES string of the molecule is COC(=O)c1ccc2cc(CN(C=O)OC(C)(C)C)ccc2c1. The predicted octanol–water partition coefficient (Wildman–Crippen LogP) is 3.31. The summed E-state index contributed by atoms with van der Waals surface area (Å²) in [5.74, 6) is -0.360. The van der Waals surface area contributed by atoms with E-state index in [1.54, 1.807) is 12.1 Å². The minimum absolute atomic E-state index is 0.357. The Labute approximate surface area is 135 Å². The summed E-state index contributed by atoms with van der Waals surface area (Å²) in [6.07, 6.45) is 0.676. The van der Waals surface area contributed by atoms with E-state index in [9.17, 15) is 9.59 Å². The highest BCUT2D eigenvalue weighted by atomic mass is 16.7. The number of carbonyl (C=O) groups excluding carboxylic acids is 2. The van der Waals surface area contributed by atoms with Crippen molar-refractivity contribution >= 4 is 23.2 Å². The second kappa shape index (κ2) is 6.79. The molecule has 0 bridgehead atoms. The van der Waals surface area contributed by atoms with Crippen molar-refractivity contribution < 1.29 is 19.2 Å². The summed E-state index contributed by atoms with van der Waals surface area (Å²) in [7, 11) is 1.36. The molecule has 0 aliphatic carbocycles. The number of hydrogen-bond acceptors (Lipinski definition) is 4. The molecule has 1 amide bonds. The lowest BCUT2D eigenvalue weighted by molar-refractivity contribution is -0.220. The van der Waals surface area contributed by atoms with E-state index in [-0.39, 0.29) is 5.97 Å². The van der Waals surface area contributed by atoms with E-state index in [0.29, 0.717) is 18.5 Å². The van der Waals surface area contributed by atoms with Gasteiger partial charge in [-0.2, -0.15) is 0 Å².